The third-order valence-electron chi connectivity index (χ3n) is 2.49. The van der Waals surface area contributed by atoms with Crippen molar-refractivity contribution in [2.75, 3.05) is 19.8 Å². The lowest BCUT2D eigenvalue weighted by atomic mass is 10.3. The van der Waals surface area contributed by atoms with E-state index < -0.39 is 0 Å². The Bertz CT molecular complexity index is 396. The molecule has 88 valence electrons. The molecule has 0 N–H and O–H groups in total. The summed E-state index contributed by atoms with van der Waals surface area (Å²) in [6.07, 6.45) is 4.45. The number of hydrogen-bond donors (Lipinski definition) is 0. The fourth-order valence-electron chi connectivity index (χ4n) is 1.65. The zero-order valence-electron chi connectivity index (χ0n) is 9.44. The molecule has 2 rings (SSSR count). The lowest BCUT2D eigenvalue weighted by molar-refractivity contribution is -0.489. The van der Waals surface area contributed by atoms with E-state index in [9.17, 15) is 0 Å². The smallest absolute Gasteiger partial charge is 0.295 e. The minimum atomic E-state index is 0. The predicted octanol–water partition coefficient (Wildman–Crippen LogP) is -0.304. The largest absolute Gasteiger partial charge is 1.00 e. The van der Waals surface area contributed by atoms with Crippen LogP contribution in [0.25, 0.3) is 0 Å². The topological polar surface area (TPSA) is 15.4 Å². The summed E-state index contributed by atoms with van der Waals surface area (Å²) in [5.41, 5.74) is 0. The van der Waals surface area contributed by atoms with Gasteiger partial charge in [0.1, 0.15) is 0 Å². The van der Waals surface area contributed by atoms with Gasteiger partial charge in [0.15, 0.2) is 0 Å². The molecule has 0 saturated carbocycles. The molecule has 5 heteroatoms. The molecule has 0 fully saturated rings. The van der Waals surface area contributed by atoms with Crippen molar-refractivity contribution in [1.29, 1.82) is 0 Å². The molecule has 0 aromatic carbocycles. The van der Waals surface area contributed by atoms with Crippen molar-refractivity contribution in [2.45, 2.75) is 12.8 Å². The highest BCUT2D eigenvalue weighted by molar-refractivity contribution is 8.14. The molecule has 16 heavy (non-hydrogen) atoms. The van der Waals surface area contributed by atoms with Gasteiger partial charge in [-0.1, -0.05) is 17.8 Å². The molecule has 0 spiro atoms. The molecule has 0 amide bonds. The molecule has 2 heterocycles. The summed E-state index contributed by atoms with van der Waals surface area (Å²) >= 11 is 3.49. The van der Waals surface area contributed by atoms with Crippen LogP contribution in [-0.4, -0.2) is 35.3 Å². The van der Waals surface area contributed by atoms with Crippen LogP contribution in [0.2, 0.25) is 0 Å². The average Bonchev–Trinajstić information content (AvgIpc) is 2.86. The van der Waals surface area contributed by atoms with Gasteiger partial charge in [-0.25, -0.2) is 0 Å². The highest BCUT2D eigenvalue weighted by Crippen LogP contribution is 2.18. The van der Waals surface area contributed by atoms with Crippen molar-refractivity contribution in [2.24, 2.45) is 4.99 Å². The highest BCUT2D eigenvalue weighted by atomic mass is 127. The Kier molecular flexibility index (Phi) is 5.99. The van der Waals surface area contributed by atoms with Gasteiger partial charge in [-0.05, 0) is 29.1 Å². The monoisotopic (exact) mass is 366 g/mol. The number of thioether (sulfide) groups is 1. The Morgan fingerprint density at radius 2 is 2.38 bits per heavy atom. The summed E-state index contributed by atoms with van der Waals surface area (Å²) in [7, 11) is 2.12. The molecular formula is C11H15IN2S2. The molecule has 1 aromatic heterocycles. The first-order valence-electron chi connectivity index (χ1n) is 5.05. The van der Waals surface area contributed by atoms with E-state index in [2.05, 4.69) is 35.4 Å². The summed E-state index contributed by atoms with van der Waals surface area (Å²) in [5, 5.41) is 3.25. The third kappa shape index (κ3) is 3.30. The van der Waals surface area contributed by atoms with Crippen molar-refractivity contribution in [3.05, 3.63) is 22.4 Å². The number of rotatable bonds is 1. The maximum absolute atomic E-state index is 4.75. The maximum atomic E-state index is 4.75. The van der Waals surface area contributed by atoms with Gasteiger partial charge in [-0.2, -0.15) is 0 Å². The molecule has 1 aliphatic heterocycles. The molecule has 2 nitrogen and oxygen atoms in total. The Balaban J connectivity index is 0.00000128. The van der Waals surface area contributed by atoms with Gasteiger partial charge in [0, 0.05) is 0 Å². The van der Waals surface area contributed by atoms with Gasteiger partial charge >= 0.3 is 0 Å². The van der Waals surface area contributed by atoms with Crippen LogP contribution in [0.4, 0.5) is 0 Å². The summed E-state index contributed by atoms with van der Waals surface area (Å²) < 4.78 is 2.25. The Hall–Kier alpha value is 0.120. The lowest BCUT2D eigenvalue weighted by Crippen LogP contribution is -3.00. The van der Waals surface area contributed by atoms with Crippen LogP contribution in [0, 0.1) is 0 Å². The van der Waals surface area contributed by atoms with Gasteiger partial charge in [-0.15, -0.1) is 11.3 Å². The van der Waals surface area contributed by atoms with E-state index in [-0.39, 0.29) is 24.0 Å². The summed E-state index contributed by atoms with van der Waals surface area (Å²) in [4.78, 5) is 6.02. The molecule has 1 aromatic rings. The van der Waals surface area contributed by atoms with Crippen LogP contribution in [0.3, 0.4) is 0 Å². The van der Waals surface area contributed by atoms with Crippen LogP contribution in [-0.2, 0) is 0 Å². The highest BCUT2D eigenvalue weighted by Gasteiger charge is 2.20. The van der Waals surface area contributed by atoms with Crippen molar-refractivity contribution in [1.82, 2.24) is 0 Å². The van der Waals surface area contributed by atoms with Crippen LogP contribution in [0.15, 0.2) is 22.5 Å². The molecule has 0 aliphatic carbocycles. The van der Waals surface area contributed by atoms with E-state index in [0.717, 1.165) is 18.0 Å². The van der Waals surface area contributed by atoms with Crippen LogP contribution in [0.5, 0.6) is 0 Å². The number of hydrogen-bond acceptors (Lipinski definition) is 3. The Morgan fingerprint density at radius 3 is 2.88 bits per heavy atom. The minimum absolute atomic E-state index is 0. The summed E-state index contributed by atoms with van der Waals surface area (Å²) in [5.74, 6) is 1.23. The maximum Gasteiger partial charge on any atom is 0.295 e. The number of amidine groups is 1. The average molecular weight is 366 g/mol. The standard InChI is InChI=1S/C11H15N2S2.HI/c1-13-7-3-6-10(13)12-11(14-2)9-5-4-8-15-9;/h4-5,8H,3,6-7H2,1-2H3;1H/q+1;/p-1. The fraction of sp³-hybridized carbons (Fsp3) is 0.455. The minimum Gasteiger partial charge on any atom is -1.00 e. The molecule has 0 atom stereocenters. The fourth-order valence-corrected chi connectivity index (χ4v) is 3.12. The van der Waals surface area contributed by atoms with Gasteiger partial charge in [0.2, 0.25) is 5.04 Å². The van der Waals surface area contributed by atoms with Crippen molar-refractivity contribution >= 4 is 34.0 Å². The lowest BCUT2D eigenvalue weighted by Gasteiger charge is -1.93. The first-order chi connectivity index (χ1) is 7.31. The molecule has 0 saturated heterocycles. The molecular weight excluding hydrogens is 351 g/mol. The van der Waals surface area contributed by atoms with Crippen molar-refractivity contribution < 1.29 is 28.6 Å². The van der Waals surface area contributed by atoms with Gasteiger partial charge in [0.25, 0.3) is 5.84 Å². The normalized spacial score (nSPS) is 16.5. The quantitative estimate of drug-likeness (QED) is 0.288. The van der Waals surface area contributed by atoms with Crippen molar-refractivity contribution in [3.63, 3.8) is 0 Å². The number of aliphatic imine (C=N–C) groups is 1. The number of nitrogens with zero attached hydrogens (tertiary/aromatic N) is 2. The first-order valence-corrected chi connectivity index (χ1v) is 7.15. The number of thiophene rings is 1. The third-order valence-corrected chi connectivity index (χ3v) is 4.19. The summed E-state index contributed by atoms with van der Waals surface area (Å²) in [6.45, 7) is 1.14. The molecule has 1 aliphatic rings. The van der Waals surface area contributed by atoms with Gasteiger partial charge in [0.05, 0.1) is 24.9 Å². The molecule has 0 radical (unpaired) electrons. The summed E-state index contributed by atoms with van der Waals surface area (Å²) in [6, 6.07) is 4.21. The van der Waals surface area contributed by atoms with E-state index in [1.54, 1.807) is 23.1 Å². The SMILES string of the molecule is CSC(=NC1=[N+](C)CCC1)c1cccs1.[I-]. The van der Waals surface area contributed by atoms with E-state index >= 15 is 0 Å². The van der Waals surface area contributed by atoms with Gasteiger partial charge < -0.3 is 24.0 Å². The van der Waals surface area contributed by atoms with Gasteiger partial charge in [-0.3, -0.25) is 4.58 Å². The molecule has 0 bridgehead atoms. The Morgan fingerprint density at radius 1 is 1.56 bits per heavy atom. The second kappa shape index (κ2) is 6.76. The van der Waals surface area contributed by atoms with E-state index in [1.165, 1.54) is 17.1 Å². The zero-order valence-corrected chi connectivity index (χ0v) is 13.2. The second-order valence-electron chi connectivity index (χ2n) is 3.54. The first kappa shape index (κ1) is 14.2. The number of halogens is 1. The van der Waals surface area contributed by atoms with E-state index in [1.807, 2.05) is 0 Å². The zero-order chi connectivity index (χ0) is 10.7. The van der Waals surface area contributed by atoms with Crippen LogP contribution >= 0.6 is 23.1 Å². The van der Waals surface area contributed by atoms with Crippen molar-refractivity contribution in [3.8, 4) is 0 Å². The predicted molar refractivity (Wildman–Crippen MR) is 69.7 cm³/mol. The van der Waals surface area contributed by atoms with E-state index in [0.29, 0.717) is 0 Å². The van der Waals surface area contributed by atoms with E-state index in [4.69, 9.17) is 4.99 Å². The Labute approximate surface area is 122 Å². The molecule has 0 unspecified atom stereocenters. The van der Waals surface area contributed by atoms with Crippen LogP contribution < -0.4 is 24.0 Å². The second-order valence-corrected chi connectivity index (χ2v) is 5.28. The van der Waals surface area contributed by atoms with Crippen LogP contribution in [0.1, 0.15) is 17.7 Å².